The molecule has 1 N–H and O–H groups in total. The summed E-state index contributed by atoms with van der Waals surface area (Å²) in [4.78, 5) is 30.9. The van der Waals surface area contributed by atoms with Gasteiger partial charge in [0.25, 0.3) is 0 Å². The van der Waals surface area contributed by atoms with Gasteiger partial charge in [0.2, 0.25) is 0 Å². The third kappa shape index (κ3) is 1.96. The van der Waals surface area contributed by atoms with Gasteiger partial charge < -0.3 is 5.11 Å². The average Bonchev–Trinajstić information content (AvgIpc) is 2.17. The van der Waals surface area contributed by atoms with Gasteiger partial charge in [0, 0.05) is 10.7 Å². The number of nitroso groups, excluding NO2 is 1. The molecule has 5 nitrogen and oxygen atoms in total. The zero-order valence-corrected chi connectivity index (χ0v) is 6.43. The highest BCUT2D eigenvalue weighted by Gasteiger charge is 2.06. The summed E-state index contributed by atoms with van der Waals surface area (Å²) in [5.41, 5.74) is 0.141. The minimum atomic E-state index is -1.09. The first kappa shape index (κ1) is 9.05. The maximum atomic E-state index is 10.7. The minimum Gasteiger partial charge on any atom is -0.478 e. The Kier molecular flexibility index (Phi) is 2.49. The Morgan fingerprint density at radius 3 is 1.92 bits per heavy atom. The van der Waals surface area contributed by atoms with Crippen LogP contribution in [0.5, 0.6) is 0 Å². The highest BCUT2D eigenvalue weighted by molar-refractivity contribution is 5.96. The summed E-state index contributed by atoms with van der Waals surface area (Å²) in [5, 5.41) is 10.7. The fraction of sp³-hybridized carbons (Fsp3) is 0. The van der Waals surface area contributed by atoms with Crippen molar-refractivity contribution in [1.82, 2.24) is 0 Å². The molecule has 0 bridgehead atoms. The summed E-state index contributed by atoms with van der Waals surface area (Å²) in [6.07, 6.45) is 0. The van der Waals surface area contributed by atoms with E-state index in [9.17, 15) is 14.5 Å². The number of nitrogens with zero attached hydrogens (tertiary/aromatic N) is 1. The van der Waals surface area contributed by atoms with E-state index >= 15 is 0 Å². The van der Waals surface area contributed by atoms with Gasteiger partial charge in [-0.15, -0.1) is 4.91 Å². The van der Waals surface area contributed by atoms with Gasteiger partial charge in [0.15, 0.2) is 0 Å². The van der Waals surface area contributed by atoms with Gasteiger partial charge in [-0.3, -0.25) is 4.79 Å². The van der Waals surface area contributed by atoms with Gasteiger partial charge in [0.05, 0.1) is 5.56 Å². The molecule has 5 heteroatoms. The second-order valence-electron chi connectivity index (χ2n) is 2.28. The van der Waals surface area contributed by atoms with Crippen LogP contribution in [-0.2, 0) is 0 Å². The predicted molar refractivity (Wildman–Crippen MR) is 43.5 cm³/mol. The number of carbonyl (C=O) groups excluding carboxylic acids is 1. The van der Waals surface area contributed by atoms with Crippen LogP contribution in [0.15, 0.2) is 29.4 Å². The van der Waals surface area contributed by atoms with Crippen LogP contribution in [0.25, 0.3) is 0 Å². The maximum absolute atomic E-state index is 10.7. The average molecular weight is 179 g/mol. The maximum Gasteiger partial charge on any atom is 0.335 e. The third-order valence-corrected chi connectivity index (χ3v) is 1.46. The van der Waals surface area contributed by atoms with Gasteiger partial charge in [-0.2, -0.15) is 0 Å². The first-order chi connectivity index (χ1) is 6.15. The largest absolute Gasteiger partial charge is 0.478 e. The Morgan fingerprint density at radius 2 is 1.54 bits per heavy atom. The van der Waals surface area contributed by atoms with Crippen LogP contribution in [0.2, 0.25) is 0 Å². The molecular weight excluding hydrogens is 174 g/mol. The Morgan fingerprint density at radius 1 is 1.08 bits per heavy atom. The second-order valence-corrected chi connectivity index (χ2v) is 2.28. The van der Waals surface area contributed by atoms with Gasteiger partial charge in [-0.1, -0.05) is 0 Å². The van der Waals surface area contributed by atoms with Gasteiger partial charge >= 0.3 is 11.9 Å². The van der Waals surface area contributed by atoms with E-state index in [1.807, 2.05) is 0 Å². The van der Waals surface area contributed by atoms with Gasteiger partial charge in [-0.25, -0.2) is 4.79 Å². The molecule has 0 aliphatic rings. The van der Waals surface area contributed by atoms with Gasteiger partial charge in [0.1, 0.15) is 0 Å². The van der Waals surface area contributed by atoms with Crippen molar-refractivity contribution in [2.45, 2.75) is 0 Å². The molecular formula is C8H5NO4. The van der Waals surface area contributed by atoms with E-state index < -0.39 is 11.9 Å². The van der Waals surface area contributed by atoms with Crippen molar-refractivity contribution in [3.05, 3.63) is 40.3 Å². The normalized spacial score (nSPS) is 9.23. The van der Waals surface area contributed by atoms with Crippen LogP contribution < -0.4 is 0 Å². The first-order valence-electron chi connectivity index (χ1n) is 3.36. The smallest absolute Gasteiger partial charge is 0.335 e. The van der Waals surface area contributed by atoms with E-state index in [1.165, 1.54) is 24.3 Å². The zero-order valence-electron chi connectivity index (χ0n) is 6.43. The van der Waals surface area contributed by atoms with Crippen molar-refractivity contribution in [3.63, 3.8) is 0 Å². The molecule has 1 aromatic carbocycles. The molecule has 0 saturated carbocycles. The van der Waals surface area contributed by atoms with E-state index in [1.54, 1.807) is 0 Å². The number of carboxylic acid groups (broad SMARTS) is 1. The van der Waals surface area contributed by atoms with Crippen LogP contribution in [0.1, 0.15) is 20.7 Å². The Hall–Kier alpha value is -2.04. The second kappa shape index (κ2) is 3.57. The highest BCUT2D eigenvalue weighted by atomic mass is 16.4. The van der Waals surface area contributed by atoms with Gasteiger partial charge in [-0.05, 0) is 24.3 Å². The minimum absolute atomic E-state index is 0.0578. The molecule has 0 saturated heterocycles. The molecule has 1 amide bonds. The molecule has 1 aromatic rings. The van der Waals surface area contributed by atoms with Crippen LogP contribution in [-0.4, -0.2) is 17.0 Å². The molecule has 1 rings (SSSR count). The Labute approximate surface area is 73.0 Å². The molecule has 0 aliphatic heterocycles. The number of rotatable bonds is 2. The van der Waals surface area contributed by atoms with E-state index in [0.717, 1.165) is 0 Å². The summed E-state index contributed by atoms with van der Waals surface area (Å²) in [6, 6.07) is 4.96. The summed E-state index contributed by atoms with van der Waals surface area (Å²) < 4.78 is 0. The SMILES string of the molecule is O=NC(=O)c1ccc(C(=O)O)cc1. The summed E-state index contributed by atoms with van der Waals surface area (Å²) in [7, 11) is 0. The lowest BCUT2D eigenvalue weighted by Crippen LogP contribution is -1.98. The molecule has 0 aromatic heterocycles. The number of carbonyl (C=O) groups is 2. The van der Waals surface area contributed by atoms with E-state index in [4.69, 9.17) is 5.11 Å². The van der Waals surface area contributed by atoms with Crippen molar-refractivity contribution in [2.24, 2.45) is 5.18 Å². The standard InChI is InChI=1S/C8H5NO4/c10-7(9-13)5-1-3-6(4-2-5)8(11)12/h1-4H,(H,11,12). The van der Waals surface area contributed by atoms with Crippen molar-refractivity contribution < 1.29 is 14.7 Å². The Bertz CT molecular complexity index is 355. The predicted octanol–water partition coefficient (Wildman–Crippen LogP) is 1.29. The molecule has 0 unspecified atom stereocenters. The lowest BCUT2D eigenvalue weighted by molar-refractivity contribution is 0.0696. The fourth-order valence-electron chi connectivity index (χ4n) is 0.808. The number of carboxylic acids is 1. The monoisotopic (exact) mass is 179 g/mol. The molecule has 66 valence electrons. The number of hydrogen-bond acceptors (Lipinski definition) is 3. The van der Waals surface area contributed by atoms with Crippen molar-refractivity contribution >= 4 is 11.9 Å². The van der Waals surface area contributed by atoms with Crippen molar-refractivity contribution in [3.8, 4) is 0 Å². The highest BCUT2D eigenvalue weighted by Crippen LogP contribution is 2.05. The fourth-order valence-corrected chi connectivity index (χ4v) is 0.808. The third-order valence-electron chi connectivity index (χ3n) is 1.46. The van der Waals surface area contributed by atoms with E-state index in [2.05, 4.69) is 5.18 Å². The molecule has 0 heterocycles. The summed E-state index contributed by atoms with van der Waals surface area (Å²) in [6.45, 7) is 0. The summed E-state index contributed by atoms with van der Waals surface area (Å²) in [5.74, 6) is -1.99. The first-order valence-corrected chi connectivity index (χ1v) is 3.36. The number of aromatic carboxylic acids is 1. The zero-order chi connectivity index (χ0) is 9.84. The number of benzene rings is 1. The summed E-state index contributed by atoms with van der Waals surface area (Å²) >= 11 is 0. The molecule has 0 atom stereocenters. The van der Waals surface area contributed by atoms with Crippen molar-refractivity contribution in [1.29, 1.82) is 0 Å². The molecule has 0 fully saturated rings. The topological polar surface area (TPSA) is 83.8 Å². The molecule has 0 spiro atoms. The molecule has 0 radical (unpaired) electrons. The molecule has 0 aliphatic carbocycles. The Balaban J connectivity index is 3.00. The lowest BCUT2D eigenvalue weighted by atomic mass is 10.1. The van der Waals surface area contributed by atoms with Crippen LogP contribution >= 0.6 is 0 Å². The van der Waals surface area contributed by atoms with Crippen molar-refractivity contribution in [2.75, 3.05) is 0 Å². The van der Waals surface area contributed by atoms with Crippen LogP contribution in [0, 0.1) is 4.91 Å². The van der Waals surface area contributed by atoms with E-state index in [0.29, 0.717) is 0 Å². The number of amides is 1. The van der Waals surface area contributed by atoms with Crippen LogP contribution in [0.3, 0.4) is 0 Å². The number of hydrogen-bond donors (Lipinski definition) is 1. The van der Waals surface area contributed by atoms with E-state index in [-0.39, 0.29) is 11.1 Å². The quantitative estimate of drug-likeness (QED) is 0.693. The lowest BCUT2D eigenvalue weighted by Gasteiger charge is -1.94. The van der Waals surface area contributed by atoms with Crippen LogP contribution in [0.4, 0.5) is 0 Å². The molecule has 13 heavy (non-hydrogen) atoms.